The molecule has 0 amide bonds. The van der Waals surface area contributed by atoms with Crippen molar-refractivity contribution in [3.05, 3.63) is 51.3 Å². The Hall–Kier alpha value is -1.03. The lowest BCUT2D eigenvalue weighted by molar-refractivity contribution is 0.627. The van der Waals surface area contributed by atoms with Crippen molar-refractivity contribution >= 4 is 23.2 Å². The molecule has 2 rings (SSSR count). The summed E-state index contributed by atoms with van der Waals surface area (Å²) in [5.74, 6) is 0. The smallest absolute Gasteiger partial charge is 0.0644 e. The molecule has 19 heavy (non-hydrogen) atoms. The van der Waals surface area contributed by atoms with Gasteiger partial charge in [0, 0.05) is 28.9 Å². The highest BCUT2D eigenvalue weighted by Crippen LogP contribution is 2.31. The zero-order valence-electron chi connectivity index (χ0n) is 11.2. The van der Waals surface area contributed by atoms with Crippen molar-refractivity contribution in [1.82, 2.24) is 15.1 Å². The van der Waals surface area contributed by atoms with Crippen LogP contribution in [0.2, 0.25) is 10.0 Å². The zero-order chi connectivity index (χ0) is 14.0. The summed E-state index contributed by atoms with van der Waals surface area (Å²) in [6.07, 6.45) is 2.01. The number of aromatic nitrogens is 2. The average molecular weight is 298 g/mol. The number of halogens is 2. The van der Waals surface area contributed by atoms with Gasteiger partial charge in [-0.15, -0.1) is 0 Å². The first-order valence-corrected chi connectivity index (χ1v) is 6.97. The molecule has 1 aromatic carbocycles. The molecule has 0 aliphatic carbocycles. The summed E-state index contributed by atoms with van der Waals surface area (Å²) >= 11 is 12.4. The predicted octanol–water partition coefficient (Wildman–Crippen LogP) is 3.73. The van der Waals surface area contributed by atoms with Crippen LogP contribution in [0.5, 0.6) is 0 Å². The monoisotopic (exact) mass is 297 g/mol. The van der Waals surface area contributed by atoms with Gasteiger partial charge in [-0.1, -0.05) is 30.1 Å². The molecule has 0 fully saturated rings. The normalized spacial score (nSPS) is 12.7. The van der Waals surface area contributed by atoms with E-state index < -0.39 is 0 Å². The van der Waals surface area contributed by atoms with E-state index >= 15 is 0 Å². The minimum atomic E-state index is 0.00454. The molecular formula is C14H17Cl2N3. The molecule has 0 saturated carbocycles. The Labute approximate surface area is 123 Å². The van der Waals surface area contributed by atoms with E-state index in [1.54, 1.807) is 6.07 Å². The van der Waals surface area contributed by atoms with E-state index in [0.717, 1.165) is 23.4 Å². The topological polar surface area (TPSA) is 29.9 Å². The van der Waals surface area contributed by atoms with Crippen molar-refractivity contribution in [2.75, 3.05) is 6.54 Å². The molecule has 1 aromatic heterocycles. The van der Waals surface area contributed by atoms with Gasteiger partial charge in [0.2, 0.25) is 0 Å². The molecule has 1 unspecified atom stereocenters. The van der Waals surface area contributed by atoms with E-state index in [9.17, 15) is 0 Å². The SMILES string of the molecule is CCNC(c1cc(Cl)ccc1Cl)c1cn(C)nc1C. The van der Waals surface area contributed by atoms with Crippen LogP contribution in [0.3, 0.4) is 0 Å². The van der Waals surface area contributed by atoms with E-state index in [4.69, 9.17) is 23.2 Å². The quantitative estimate of drug-likeness (QED) is 0.932. The fraction of sp³-hybridized carbons (Fsp3) is 0.357. The highest BCUT2D eigenvalue weighted by molar-refractivity contribution is 6.33. The first kappa shape index (κ1) is 14.4. The van der Waals surface area contributed by atoms with E-state index in [-0.39, 0.29) is 6.04 Å². The number of aryl methyl sites for hydroxylation is 2. The van der Waals surface area contributed by atoms with E-state index in [0.29, 0.717) is 10.0 Å². The summed E-state index contributed by atoms with van der Waals surface area (Å²) < 4.78 is 1.81. The summed E-state index contributed by atoms with van der Waals surface area (Å²) in [7, 11) is 1.92. The molecule has 0 spiro atoms. The Kier molecular flexibility index (Phi) is 4.50. The van der Waals surface area contributed by atoms with Crippen LogP contribution in [0, 0.1) is 6.92 Å². The first-order chi connectivity index (χ1) is 9.02. The lowest BCUT2D eigenvalue weighted by atomic mass is 9.99. The standard InChI is InChI=1S/C14H17Cl2N3/c1-4-17-14(12-8-19(3)18-9(12)2)11-7-10(15)5-6-13(11)16/h5-8,14,17H,4H2,1-3H3. The third-order valence-corrected chi connectivity index (χ3v) is 3.62. The van der Waals surface area contributed by atoms with Crippen LogP contribution in [0.1, 0.15) is 29.8 Å². The van der Waals surface area contributed by atoms with Gasteiger partial charge in [-0.05, 0) is 37.2 Å². The lowest BCUT2D eigenvalue weighted by Crippen LogP contribution is -2.22. The van der Waals surface area contributed by atoms with Crippen LogP contribution in [0.15, 0.2) is 24.4 Å². The summed E-state index contributed by atoms with van der Waals surface area (Å²) in [5, 5.41) is 9.22. The molecule has 2 aromatic rings. The third kappa shape index (κ3) is 3.11. The van der Waals surface area contributed by atoms with E-state index in [1.807, 2.05) is 37.0 Å². The summed E-state index contributed by atoms with van der Waals surface area (Å²) in [6.45, 7) is 4.90. The second kappa shape index (κ2) is 5.95. The molecule has 1 heterocycles. The summed E-state index contributed by atoms with van der Waals surface area (Å²) in [5.41, 5.74) is 3.09. The van der Waals surface area contributed by atoms with Gasteiger partial charge in [0.1, 0.15) is 0 Å². The van der Waals surface area contributed by atoms with Crippen LogP contribution in [0.4, 0.5) is 0 Å². The van der Waals surface area contributed by atoms with Gasteiger partial charge in [-0.2, -0.15) is 5.10 Å². The second-order valence-electron chi connectivity index (χ2n) is 4.50. The Bertz CT molecular complexity index is 578. The minimum absolute atomic E-state index is 0.00454. The molecule has 1 N–H and O–H groups in total. The van der Waals surface area contributed by atoms with Gasteiger partial charge in [0.05, 0.1) is 11.7 Å². The predicted molar refractivity (Wildman–Crippen MR) is 79.9 cm³/mol. The molecule has 5 heteroatoms. The minimum Gasteiger partial charge on any atom is -0.306 e. The fourth-order valence-electron chi connectivity index (χ4n) is 2.23. The molecule has 3 nitrogen and oxygen atoms in total. The van der Waals surface area contributed by atoms with Gasteiger partial charge in [0.25, 0.3) is 0 Å². The lowest BCUT2D eigenvalue weighted by Gasteiger charge is -2.19. The molecule has 0 saturated heterocycles. The van der Waals surface area contributed by atoms with Crippen LogP contribution in [-0.4, -0.2) is 16.3 Å². The average Bonchev–Trinajstić information content (AvgIpc) is 2.69. The fourth-order valence-corrected chi connectivity index (χ4v) is 2.64. The number of rotatable bonds is 4. The van der Waals surface area contributed by atoms with E-state index in [1.165, 1.54) is 0 Å². The Morgan fingerprint density at radius 1 is 1.32 bits per heavy atom. The Morgan fingerprint density at radius 3 is 2.63 bits per heavy atom. The second-order valence-corrected chi connectivity index (χ2v) is 5.34. The summed E-state index contributed by atoms with van der Waals surface area (Å²) in [6, 6.07) is 5.54. The van der Waals surface area contributed by atoms with E-state index in [2.05, 4.69) is 17.3 Å². The summed E-state index contributed by atoms with van der Waals surface area (Å²) in [4.78, 5) is 0. The maximum absolute atomic E-state index is 6.31. The van der Waals surface area contributed by atoms with Gasteiger partial charge in [-0.3, -0.25) is 4.68 Å². The van der Waals surface area contributed by atoms with Gasteiger partial charge >= 0.3 is 0 Å². The number of nitrogens with zero attached hydrogens (tertiary/aromatic N) is 2. The van der Waals surface area contributed by atoms with Crippen LogP contribution in [-0.2, 0) is 7.05 Å². The van der Waals surface area contributed by atoms with Crippen molar-refractivity contribution in [3.63, 3.8) is 0 Å². The number of hydrogen-bond acceptors (Lipinski definition) is 2. The molecule has 0 bridgehead atoms. The van der Waals surface area contributed by atoms with Crippen molar-refractivity contribution in [1.29, 1.82) is 0 Å². The van der Waals surface area contributed by atoms with Gasteiger partial charge in [0.15, 0.2) is 0 Å². The van der Waals surface area contributed by atoms with Crippen LogP contribution in [0.25, 0.3) is 0 Å². The number of nitrogens with one attached hydrogen (secondary N) is 1. The zero-order valence-corrected chi connectivity index (χ0v) is 12.8. The number of hydrogen-bond donors (Lipinski definition) is 1. The van der Waals surface area contributed by atoms with Crippen LogP contribution < -0.4 is 5.32 Å². The molecule has 0 radical (unpaired) electrons. The molecule has 102 valence electrons. The van der Waals surface area contributed by atoms with Crippen molar-refractivity contribution in [3.8, 4) is 0 Å². The maximum atomic E-state index is 6.31. The number of benzene rings is 1. The third-order valence-electron chi connectivity index (χ3n) is 3.04. The van der Waals surface area contributed by atoms with Crippen molar-refractivity contribution < 1.29 is 0 Å². The molecular weight excluding hydrogens is 281 g/mol. The molecule has 0 aliphatic heterocycles. The van der Waals surface area contributed by atoms with Crippen molar-refractivity contribution in [2.24, 2.45) is 7.05 Å². The maximum Gasteiger partial charge on any atom is 0.0644 e. The largest absolute Gasteiger partial charge is 0.306 e. The molecule has 0 aliphatic rings. The van der Waals surface area contributed by atoms with Gasteiger partial charge < -0.3 is 5.32 Å². The highest BCUT2D eigenvalue weighted by Gasteiger charge is 2.20. The Balaban J connectivity index is 2.51. The van der Waals surface area contributed by atoms with Gasteiger partial charge in [-0.25, -0.2) is 0 Å². The highest BCUT2D eigenvalue weighted by atomic mass is 35.5. The first-order valence-electron chi connectivity index (χ1n) is 6.21. The van der Waals surface area contributed by atoms with Crippen LogP contribution >= 0.6 is 23.2 Å². The Morgan fingerprint density at radius 2 is 2.05 bits per heavy atom. The molecule has 1 atom stereocenters. The van der Waals surface area contributed by atoms with Crippen molar-refractivity contribution in [2.45, 2.75) is 19.9 Å².